The fourth-order valence-corrected chi connectivity index (χ4v) is 4.51. The van der Waals surface area contributed by atoms with Crippen LogP contribution < -0.4 is 15.4 Å². The molecule has 0 atom stereocenters. The Labute approximate surface area is 241 Å². The number of amides is 2. The highest BCUT2D eigenvalue weighted by Gasteiger charge is 2.20. The van der Waals surface area contributed by atoms with Gasteiger partial charge in [0.1, 0.15) is 11.5 Å². The van der Waals surface area contributed by atoms with Crippen molar-refractivity contribution < 1.29 is 28.8 Å². The second kappa shape index (κ2) is 11.8. The maximum absolute atomic E-state index is 13.3. The summed E-state index contributed by atoms with van der Waals surface area (Å²) in [5.74, 6) is 0.683. The molecule has 0 spiro atoms. The quantitative estimate of drug-likeness (QED) is 0.0856. The van der Waals surface area contributed by atoms with Crippen LogP contribution in [0, 0.1) is 0 Å². The van der Waals surface area contributed by atoms with Crippen molar-refractivity contribution in [2.24, 2.45) is 0 Å². The Kier molecular flexibility index (Phi) is 8.01. The van der Waals surface area contributed by atoms with Crippen molar-refractivity contribution in [2.75, 3.05) is 17.2 Å². The first kappa shape index (κ1) is 28.5. The zero-order chi connectivity index (χ0) is 29.9. The highest BCUT2D eigenvalue weighted by atomic mass is 16.5. The fourth-order valence-electron chi connectivity index (χ4n) is 4.51. The van der Waals surface area contributed by atoms with Crippen LogP contribution in [0.4, 0.5) is 16.3 Å². The van der Waals surface area contributed by atoms with Gasteiger partial charge in [-0.3, -0.25) is 14.9 Å². The number of ketones is 1. The summed E-state index contributed by atoms with van der Waals surface area (Å²) >= 11 is 0. The summed E-state index contributed by atoms with van der Waals surface area (Å²) in [5, 5.41) is 19.7. The first-order chi connectivity index (χ1) is 20.0. The molecule has 5 N–H and O–H groups in total. The van der Waals surface area contributed by atoms with Gasteiger partial charge in [-0.1, -0.05) is 25.9 Å². The molecule has 0 bridgehead atoms. The van der Waals surface area contributed by atoms with Crippen LogP contribution in [0.2, 0.25) is 0 Å². The third-order valence-electron chi connectivity index (χ3n) is 6.75. The Morgan fingerprint density at radius 2 is 1.57 bits per heavy atom. The van der Waals surface area contributed by atoms with Crippen molar-refractivity contribution in [3.63, 3.8) is 0 Å². The van der Waals surface area contributed by atoms with E-state index in [4.69, 9.17) is 14.4 Å². The molecule has 0 aliphatic carbocycles. The topological polar surface area (TPSA) is 162 Å². The molecule has 3 aromatic heterocycles. The van der Waals surface area contributed by atoms with Gasteiger partial charge in [-0.2, -0.15) is 0 Å². The fraction of sp³-hybridized carbons (Fsp3) is 0.290. The van der Waals surface area contributed by atoms with Crippen molar-refractivity contribution >= 4 is 51.1 Å². The van der Waals surface area contributed by atoms with Crippen LogP contribution in [-0.4, -0.2) is 44.6 Å². The Morgan fingerprint density at radius 1 is 0.881 bits per heavy atom. The van der Waals surface area contributed by atoms with Crippen LogP contribution in [0.3, 0.4) is 0 Å². The van der Waals surface area contributed by atoms with Crippen LogP contribution in [0.15, 0.2) is 59.1 Å². The minimum Gasteiger partial charge on any atom is -0.494 e. The number of aromatic nitrogens is 3. The Balaban J connectivity index is 1.21. The molecule has 0 fully saturated rings. The third kappa shape index (κ3) is 6.80. The van der Waals surface area contributed by atoms with E-state index < -0.39 is 12.0 Å². The molecular weight excluding hydrogens is 538 g/mol. The van der Waals surface area contributed by atoms with E-state index in [1.807, 2.05) is 39.0 Å². The van der Waals surface area contributed by atoms with Gasteiger partial charge in [0.2, 0.25) is 5.78 Å². The lowest BCUT2D eigenvalue weighted by molar-refractivity contribution is -0.137. The highest BCUT2D eigenvalue weighted by Crippen LogP contribution is 2.27. The van der Waals surface area contributed by atoms with E-state index in [1.54, 1.807) is 36.4 Å². The number of aliphatic carboxylic acids is 1. The van der Waals surface area contributed by atoms with Gasteiger partial charge in [-0.15, -0.1) is 0 Å². The molecular formula is C31H33N5O6. The number of nitrogens with one attached hydrogen (secondary N) is 4. The molecule has 5 aromatic rings. The molecule has 0 saturated carbocycles. The molecule has 0 unspecified atom stereocenters. The van der Waals surface area contributed by atoms with Gasteiger partial charge >= 0.3 is 12.0 Å². The summed E-state index contributed by atoms with van der Waals surface area (Å²) in [6.07, 6.45) is 2.35. The number of carbonyl (C=O) groups is 3. The second-order valence-corrected chi connectivity index (χ2v) is 11.2. The third-order valence-corrected chi connectivity index (χ3v) is 6.75. The van der Waals surface area contributed by atoms with Crippen molar-refractivity contribution in [3.05, 3.63) is 71.7 Å². The number of unbranched alkanes of at least 4 members (excludes halogenated alkanes) is 2. The van der Waals surface area contributed by atoms with Crippen LogP contribution in [0.1, 0.15) is 68.4 Å². The number of anilines is 2. The number of aromatic amines is 2. The number of benzene rings is 2. The molecule has 3 heterocycles. The van der Waals surface area contributed by atoms with E-state index >= 15 is 0 Å². The summed E-state index contributed by atoms with van der Waals surface area (Å²) < 4.78 is 11.1. The average molecular weight is 572 g/mol. The van der Waals surface area contributed by atoms with E-state index in [-0.39, 0.29) is 17.6 Å². The van der Waals surface area contributed by atoms with Crippen molar-refractivity contribution in [3.8, 4) is 5.75 Å². The summed E-state index contributed by atoms with van der Waals surface area (Å²) in [5.41, 5.74) is 2.73. The zero-order valence-corrected chi connectivity index (χ0v) is 23.7. The number of carbonyl (C=O) groups excluding carboxylic acids is 2. The van der Waals surface area contributed by atoms with Crippen LogP contribution in [0.5, 0.6) is 5.75 Å². The Hall–Kier alpha value is -5.06. The van der Waals surface area contributed by atoms with Crippen molar-refractivity contribution in [1.29, 1.82) is 0 Å². The van der Waals surface area contributed by atoms with Gasteiger partial charge in [0.25, 0.3) is 0 Å². The van der Waals surface area contributed by atoms with Crippen molar-refractivity contribution in [1.82, 2.24) is 15.1 Å². The number of ether oxygens (including phenoxy) is 1. The molecule has 42 heavy (non-hydrogen) atoms. The molecule has 2 amide bonds. The molecule has 0 radical (unpaired) electrons. The summed E-state index contributed by atoms with van der Waals surface area (Å²) in [6, 6.07) is 15.7. The Morgan fingerprint density at radius 3 is 2.24 bits per heavy atom. The largest absolute Gasteiger partial charge is 0.494 e. The molecule has 0 aliphatic rings. The molecule has 2 aromatic carbocycles. The number of hydrogen-bond acceptors (Lipinski definition) is 6. The van der Waals surface area contributed by atoms with Gasteiger partial charge in [-0.25, -0.2) is 4.79 Å². The standard InChI is InChI=1S/C31H33N5O6/c1-31(2,3)26-17-27(36-42-26)35-30(40)32-20-8-10-22-18(13-20)15-24(33-22)29(39)25-16-19-14-21(9-11-23(19)34-25)41-12-6-4-5-7-28(37)38/h8-11,13-17,33-34H,4-7,12H2,1-3H3,(H,37,38)(H2,32,35,36,40). The maximum Gasteiger partial charge on any atom is 0.324 e. The van der Waals surface area contributed by atoms with Gasteiger partial charge in [0.15, 0.2) is 5.82 Å². The number of carboxylic acids is 1. The van der Waals surface area contributed by atoms with E-state index in [2.05, 4.69) is 25.8 Å². The summed E-state index contributed by atoms with van der Waals surface area (Å²) in [6.45, 7) is 6.47. The molecule has 0 aliphatic heterocycles. The van der Waals surface area contributed by atoms with E-state index in [9.17, 15) is 14.4 Å². The summed E-state index contributed by atoms with van der Waals surface area (Å²) in [4.78, 5) is 42.7. The molecule has 218 valence electrons. The van der Waals surface area contributed by atoms with Crippen LogP contribution in [0.25, 0.3) is 21.8 Å². The van der Waals surface area contributed by atoms with Crippen LogP contribution in [-0.2, 0) is 10.2 Å². The molecule has 5 rings (SSSR count). The van der Waals surface area contributed by atoms with E-state index in [1.165, 1.54) is 0 Å². The number of urea groups is 1. The monoisotopic (exact) mass is 571 g/mol. The molecule has 0 saturated heterocycles. The average Bonchev–Trinajstić information content (AvgIpc) is 3.67. The number of rotatable bonds is 11. The van der Waals surface area contributed by atoms with E-state index in [0.717, 1.165) is 34.6 Å². The zero-order valence-electron chi connectivity index (χ0n) is 23.7. The van der Waals surface area contributed by atoms with Gasteiger partial charge < -0.3 is 29.7 Å². The minimum absolute atomic E-state index is 0.168. The van der Waals surface area contributed by atoms with Crippen LogP contribution >= 0.6 is 0 Å². The SMILES string of the molecule is CC(C)(C)c1cc(NC(=O)Nc2ccc3[nH]c(C(=O)c4cc5cc(OCCCCCC(=O)O)ccc5[nH]4)cc3c2)no1. The lowest BCUT2D eigenvalue weighted by Crippen LogP contribution is -2.19. The number of hydrogen-bond donors (Lipinski definition) is 5. The normalized spacial score (nSPS) is 11.6. The number of fused-ring (bicyclic) bond motifs is 2. The molecule has 11 nitrogen and oxygen atoms in total. The highest BCUT2D eigenvalue weighted by molar-refractivity contribution is 6.11. The van der Waals surface area contributed by atoms with Crippen molar-refractivity contribution in [2.45, 2.75) is 51.9 Å². The predicted octanol–water partition coefficient (Wildman–Crippen LogP) is 6.83. The lowest BCUT2D eigenvalue weighted by atomic mass is 9.93. The van der Waals surface area contributed by atoms with Gasteiger partial charge in [0, 0.05) is 45.4 Å². The summed E-state index contributed by atoms with van der Waals surface area (Å²) in [7, 11) is 0. The smallest absolute Gasteiger partial charge is 0.324 e. The predicted molar refractivity (Wildman–Crippen MR) is 159 cm³/mol. The lowest BCUT2D eigenvalue weighted by Gasteiger charge is -2.12. The molecule has 11 heteroatoms. The van der Waals surface area contributed by atoms with E-state index in [0.29, 0.717) is 47.4 Å². The maximum atomic E-state index is 13.3. The Bertz CT molecular complexity index is 1760. The first-order valence-electron chi connectivity index (χ1n) is 13.8. The number of nitrogens with zero attached hydrogens (tertiary/aromatic N) is 1. The number of carboxylic acid groups (broad SMARTS) is 1. The number of H-pyrrole nitrogens is 2. The minimum atomic E-state index is -0.785. The van der Waals surface area contributed by atoms with Gasteiger partial charge in [-0.05, 0) is 67.8 Å². The first-order valence-corrected chi connectivity index (χ1v) is 13.8. The van der Waals surface area contributed by atoms with Gasteiger partial charge in [0.05, 0.1) is 18.0 Å². The second-order valence-electron chi connectivity index (χ2n) is 11.2.